The van der Waals surface area contributed by atoms with Crippen LogP contribution in [0, 0.1) is 5.82 Å². The number of pyridine rings is 1. The molecule has 122 valence electrons. The van der Waals surface area contributed by atoms with Crippen molar-refractivity contribution in [3.63, 3.8) is 0 Å². The third kappa shape index (κ3) is 3.96. The lowest BCUT2D eigenvalue weighted by Gasteiger charge is -2.06. The van der Waals surface area contributed by atoms with Crippen molar-refractivity contribution in [3.8, 4) is 10.6 Å². The van der Waals surface area contributed by atoms with Crippen molar-refractivity contribution in [2.45, 2.75) is 13.0 Å². The Kier molecular flexibility index (Phi) is 5.17. The van der Waals surface area contributed by atoms with Gasteiger partial charge in [0.05, 0.1) is 17.1 Å². The van der Waals surface area contributed by atoms with Gasteiger partial charge in [0.15, 0.2) is 0 Å². The maximum atomic E-state index is 13.6. The van der Waals surface area contributed by atoms with E-state index >= 15 is 0 Å². The number of benzene rings is 1. The molecule has 4 nitrogen and oxygen atoms in total. The van der Waals surface area contributed by atoms with Gasteiger partial charge < -0.3 is 4.74 Å². The fraction of sp³-hybridized carbons (Fsp3) is 0.118. The van der Waals surface area contributed by atoms with Crippen LogP contribution in [0.3, 0.4) is 0 Å². The maximum absolute atomic E-state index is 13.6. The van der Waals surface area contributed by atoms with Crippen molar-refractivity contribution in [1.29, 1.82) is 0 Å². The number of rotatable bonds is 5. The SMILES string of the molecule is O=C(Cc1csc(-c2cccnc2)n1)OCc1c(F)cccc1Cl. The molecule has 0 aliphatic heterocycles. The van der Waals surface area contributed by atoms with Gasteiger partial charge in [-0.2, -0.15) is 0 Å². The molecule has 0 saturated heterocycles. The van der Waals surface area contributed by atoms with Crippen LogP contribution in [0.5, 0.6) is 0 Å². The zero-order valence-corrected chi connectivity index (χ0v) is 14.0. The van der Waals surface area contributed by atoms with Gasteiger partial charge in [-0.25, -0.2) is 9.37 Å². The molecule has 0 aliphatic rings. The minimum Gasteiger partial charge on any atom is -0.460 e. The number of nitrogens with zero attached hydrogens (tertiary/aromatic N) is 2. The fourth-order valence-corrected chi connectivity index (χ4v) is 3.06. The number of aromatic nitrogens is 2. The molecule has 0 atom stereocenters. The van der Waals surface area contributed by atoms with Crippen molar-refractivity contribution in [2.24, 2.45) is 0 Å². The average molecular weight is 363 g/mol. The number of carbonyl (C=O) groups is 1. The Bertz CT molecular complexity index is 835. The number of hydrogen-bond acceptors (Lipinski definition) is 5. The second-order valence-electron chi connectivity index (χ2n) is 4.92. The molecule has 1 aromatic carbocycles. The summed E-state index contributed by atoms with van der Waals surface area (Å²) in [7, 11) is 0. The van der Waals surface area contributed by atoms with Crippen molar-refractivity contribution in [2.75, 3.05) is 0 Å². The second-order valence-corrected chi connectivity index (χ2v) is 6.19. The molecule has 0 bridgehead atoms. The van der Waals surface area contributed by atoms with Crippen molar-refractivity contribution >= 4 is 28.9 Å². The van der Waals surface area contributed by atoms with E-state index in [0.717, 1.165) is 10.6 Å². The molecule has 7 heteroatoms. The monoisotopic (exact) mass is 362 g/mol. The van der Waals surface area contributed by atoms with Crippen LogP contribution >= 0.6 is 22.9 Å². The first kappa shape index (κ1) is 16.5. The van der Waals surface area contributed by atoms with E-state index in [0.29, 0.717) is 5.69 Å². The highest BCUT2D eigenvalue weighted by molar-refractivity contribution is 7.13. The van der Waals surface area contributed by atoms with Crippen LogP contribution in [0.25, 0.3) is 10.6 Å². The molecular weight excluding hydrogens is 351 g/mol. The third-order valence-electron chi connectivity index (χ3n) is 3.22. The predicted octanol–water partition coefficient (Wildman–Crippen LogP) is 4.28. The molecule has 0 spiro atoms. The number of hydrogen-bond donors (Lipinski definition) is 0. The zero-order chi connectivity index (χ0) is 16.9. The first-order chi connectivity index (χ1) is 11.6. The standard InChI is InChI=1S/C17H12ClFN2O2S/c18-14-4-1-5-15(19)13(14)9-23-16(22)7-12-10-24-17(21-12)11-3-2-6-20-8-11/h1-6,8,10H,7,9H2. The van der Waals surface area contributed by atoms with Gasteiger partial charge in [0.2, 0.25) is 0 Å². The van der Waals surface area contributed by atoms with Gasteiger partial charge in [0.1, 0.15) is 17.4 Å². The summed E-state index contributed by atoms with van der Waals surface area (Å²) in [6.45, 7) is -0.204. The molecule has 3 rings (SSSR count). The van der Waals surface area contributed by atoms with Crippen LogP contribution in [0.2, 0.25) is 5.02 Å². The molecule has 0 radical (unpaired) electrons. The third-order valence-corrected chi connectivity index (χ3v) is 4.52. The first-order valence-electron chi connectivity index (χ1n) is 7.07. The van der Waals surface area contributed by atoms with Crippen molar-refractivity contribution in [3.05, 3.63) is 70.2 Å². The van der Waals surface area contributed by atoms with E-state index in [1.165, 1.54) is 23.5 Å². The first-order valence-corrected chi connectivity index (χ1v) is 8.32. The molecule has 0 amide bonds. The zero-order valence-electron chi connectivity index (χ0n) is 12.4. The predicted molar refractivity (Wildman–Crippen MR) is 90.3 cm³/mol. The fourth-order valence-electron chi connectivity index (χ4n) is 2.03. The summed E-state index contributed by atoms with van der Waals surface area (Å²) < 4.78 is 18.7. The molecule has 2 heterocycles. The second kappa shape index (κ2) is 7.51. The van der Waals surface area contributed by atoms with E-state index in [-0.39, 0.29) is 23.6 Å². The summed E-state index contributed by atoms with van der Waals surface area (Å²) in [5, 5.41) is 2.80. The molecule has 0 unspecified atom stereocenters. The van der Waals surface area contributed by atoms with E-state index in [9.17, 15) is 9.18 Å². The van der Waals surface area contributed by atoms with Gasteiger partial charge >= 0.3 is 5.97 Å². The average Bonchev–Trinajstić information content (AvgIpc) is 3.03. The minimum absolute atomic E-state index is 0.0167. The molecule has 24 heavy (non-hydrogen) atoms. The molecule has 0 saturated carbocycles. The van der Waals surface area contributed by atoms with Crippen LogP contribution in [0.1, 0.15) is 11.3 Å². The van der Waals surface area contributed by atoms with Gasteiger partial charge in [-0.1, -0.05) is 17.7 Å². The van der Waals surface area contributed by atoms with Gasteiger partial charge in [0.25, 0.3) is 0 Å². The normalized spacial score (nSPS) is 10.6. The summed E-state index contributed by atoms with van der Waals surface area (Å²) in [6, 6.07) is 8.04. The largest absolute Gasteiger partial charge is 0.460 e. The molecule has 0 N–H and O–H groups in total. The Balaban J connectivity index is 1.61. The van der Waals surface area contributed by atoms with Gasteiger partial charge in [-0.3, -0.25) is 9.78 Å². The number of halogens is 2. The molecule has 0 aliphatic carbocycles. The highest BCUT2D eigenvalue weighted by Gasteiger charge is 2.13. The van der Waals surface area contributed by atoms with E-state index in [1.54, 1.807) is 23.8 Å². The molecule has 0 fully saturated rings. The van der Waals surface area contributed by atoms with Crippen molar-refractivity contribution in [1.82, 2.24) is 9.97 Å². The summed E-state index contributed by atoms with van der Waals surface area (Å²) in [5.74, 6) is -0.986. The van der Waals surface area contributed by atoms with Crippen molar-refractivity contribution < 1.29 is 13.9 Å². The maximum Gasteiger partial charge on any atom is 0.312 e. The lowest BCUT2D eigenvalue weighted by atomic mass is 10.2. The Labute approximate surface area is 146 Å². The number of carbonyl (C=O) groups excluding carboxylic acids is 1. The van der Waals surface area contributed by atoms with Crippen LogP contribution in [-0.4, -0.2) is 15.9 Å². The smallest absolute Gasteiger partial charge is 0.312 e. The quantitative estimate of drug-likeness (QED) is 0.635. The van der Waals surface area contributed by atoms with Crippen LogP contribution in [0.4, 0.5) is 4.39 Å². The minimum atomic E-state index is -0.497. The van der Waals surface area contributed by atoms with Crippen LogP contribution < -0.4 is 0 Å². The Morgan fingerprint density at radius 3 is 2.92 bits per heavy atom. The molecule has 2 aromatic heterocycles. The molecular formula is C17H12ClFN2O2S. The van der Waals surface area contributed by atoms with Crippen LogP contribution in [0.15, 0.2) is 48.1 Å². The summed E-state index contributed by atoms with van der Waals surface area (Å²) in [5.41, 5.74) is 1.66. The molecule has 3 aromatic rings. The highest BCUT2D eigenvalue weighted by Crippen LogP contribution is 2.23. The lowest BCUT2D eigenvalue weighted by molar-refractivity contribution is -0.144. The van der Waals surface area contributed by atoms with E-state index in [1.807, 2.05) is 12.1 Å². The van der Waals surface area contributed by atoms with E-state index < -0.39 is 11.8 Å². The summed E-state index contributed by atoms with van der Waals surface area (Å²) in [4.78, 5) is 20.3. The highest BCUT2D eigenvalue weighted by atomic mass is 35.5. The number of thiazole rings is 1. The Hall–Kier alpha value is -2.31. The lowest BCUT2D eigenvalue weighted by Crippen LogP contribution is -2.09. The summed E-state index contributed by atoms with van der Waals surface area (Å²) >= 11 is 7.32. The Morgan fingerprint density at radius 1 is 1.29 bits per heavy atom. The topological polar surface area (TPSA) is 52.1 Å². The van der Waals surface area contributed by atoms with Crippen LogP contribution in [-0.2, 0) is 22.6 Å². The van der Waals surface area contributed by atoms with Gasteiger partial charge in [0, 0.05) is 28.9 Å². The van der Waals surface area contributed by atoms with E-state index in [4.69, 9.17) is 16.3 Å². The number of esters is 1. The van der Waals surface area contributed by atoms with E-state index in [2.05, 4.69) is 9.97 Å². The Morgan fingerprint density at radius 2 is 2.17 bits per heavy atom. The van der Waals surface area contributed by atoms with Gasteiger partial charge in [-0.05, 0) is 24.3 Å². The van der Waals surface area contributed by atoms with Gasteiger partial charge in [-0.15, -0.1) is 11.3 Å². The summed E-state index contributed by atoms with van der Waals surface area (Å²) in [6.07, 6.45) is 3.41. The number of ether oxygens (including phenoxy) is 1.